The van der Waals surface area contributed by atoms with E-state index in [9.17, 15) is 14.4 Å². The molecule has 0 aromatic carbocycles. The Morgan fingerprint density at radius 1 is 1.47 bits per heavy atom. The minimum atomic E-state index is -0.678. The lowest BCUT2D eigenvalue weighted by atomic mass is 10.1. The molecule has 0 saturated carbocycles. The summed E-state index contributed by atoms with van der Waals surface area (Å²) in [5.74, 6) is -1.50. The Bertz CT molecular complexity index is 531. The lowest BCUT2D eigenvalue weighted by Gasteiger charge is -2.32. The largest absolute Gasteiger partial charge is 0.316 e. The highest BCUT2D eigenvalue weighted by atomic mass is 35.5. The third-order valence-electron chi connectivity index (χ3n) is 2.74. The van der Waals surface area contributed by atoms with Gasteiger partial charge in [-0.3, -0.25) is 19.7 Å². The van der Waals surface area contributed by atoms with Gasteiger partial charge in [0.25, 0.3) is 5.91 Å². The van der Waals surface area contributed by atoms with Gasteiger partial charge in [-0.05, 0) is 6.42 Å². The molecule has 1 aromatic heterocycles. The van der Waals surface area contributed by atoms with Gasteiger partial charge < -0.3 is 4.90 Å². The third-order valence-corrected chi connectivity index (χ3v) is 2.94. The highest BCUT2D eigenvalue weighted by Gasteiger charge is 2.36. The quantitative estimate of drug-likeness (QED) is 0.771. The van der Waals surface area contributed by atoms with E-state index in [1.807, 2.05) is 0 Å². The van der Waals surface area contributed by atoms with Crippen LogP contribution in [-0.2, 0) is 9.59 Å². The summed E-state index contributed by atoms with van der Waals surface area (Å²) in [5.41, 5.74) is 0.0466. The topological polar surface area (TPSA) is 92.3 Å². The second-order valence-corrected chi connectivity index (χ2v) is 4.38. The Hall–Kier alpha value is -2.02. The number of carbonyl (C=O) groups excluding carboxylic acids is 3. The van der Waals surface area contributed by atoms with Crippen molar-refractivity contribution in [1.82, 2.24) is 20.2 Å². The zero-order chi connectivity index (χ0) is 14.0. The van der Waals surface area contributed by atoms with Crippen molar-refractivity contribution in [2.75, 3.05) is 6.54 Å². The first-order valence-corrected chi connectivity index (χ1v) is 6.03. The molecule has 19 heavy (non-hydrogen) atoms. The number of nitrogens with zero attached hydrogens (tertiary/aromatic N) is 3. The fraction of sp³-hybridized carbons (Fsp3) is 0.364. The van der Waals surface area contributed by atoms with Gasteiger partial charge >= 0.3 is 0 Å². The number of amides is 3. The molecule has 1 N–H and O–H groups in total. The fourth-order valence-corrected chi connectivity index (χ4v) is 1.95. The number of hydrogen-bond donors (Lipinski definition) is 1. The van der Waals surface area contributed by atoms with E-state index in [0.29, 0.717) is 6.42 Å². The summed E-state index contributed by atoms with van der Waals surface area (Å²) in [6.07, 6.45) is 2.86. The van der Waals surface area contributed by atoms with Gasteiger partial charge in [-0.1, -0.05) is 18.5 Å². The van der Waals surface area contributed by atoms with E-state index in [0.717, 1.165) is 0 Å². The van der Waals surface area contributed by atoms with Crippen LogP contribution in [0, 0.1) is 0 Å². The molecule has 1 aromatic rings. The highest BCUT2D eigenvalue weighted by molar-refractivity contribution is 6.29. The van der Waals surface area contributed by atoms with Crippen LogP contribution in [0.1, 0.15) is 23.8 Å². The fourth-order valence-electron chi connectivity index (χ4n) is 1.86. The molecular weight excluding hydrogens is 272 g/mol. The van der Waals surface area contributed by atoms with Crippen LogP contribution in [-0.4, -0.2) is 45.2 Å². The highest BCUT2D eigenvalue weighted by Crippen LogP contribution is 2.13. The van der Waals surface area contributed by atoms with Crippen molar-refractivity contribution < 1.29 is 14.4 Å². The first-order valence-electron chi connectivity index (χ1n) is 5.65. The molecule has 2 heterocycles. The van der Waals surface area contributed by atoms with Crippen molar-refractivity contribution in [3.8, 4) is 0 Å². The molecule has 2 rings (SSSR count). The van der Waals surface area contributed by atoms with E-state index in [2.05, 4.69) is 15.3 Å². The minimum Gasteiger partial charge on any atom is -0.316 e. The van der Waals surface area contributed by atoms with Crippen LogP contribution < -0.4 is 5.32 Å². The first kappa shape index (κ1) is 13.4. The van der Waals surface area contributed by atoms with E-state index in [1.54, 1.807) is 6.92 Å². The van der Waals surface area contributed by atoms with E-state index >= 15 is 0 Å². The van der Waals surface area contributed by atoms with Crippen LogP contribution >= 0.6 is 11.6 Å². The zero-order valence-electron chi connectivity index (χ0n) is 10.1. The number of halogens is 1. The van der Waals surface area contributed by atoms with Crippen LogP contribution in [0.3, 0.4) is 0 Å². The normalized spacial score (nSPS) is 19.3. The van der Waals surface area contributed by atoms with Gasteiger partial charge in [-0.2, -0.15) is 0 Å². The third kappa shape index (κ3) is 2.70. The summed E-state index contributed by atoms with van der Waals surface area (Å²) in [6, 6.07) is -0.678. The van der Waals surface area contributed by atoms with Crippen molar-refractivity contribution in [3.63, 3.8) is 0 Å². The van der Waals surface area contributed by atoms with Crippen LogP contribution in [0.25, 0.3) is 0 Å². The summed E-state index contributed by atoms with van der Waals surface area (Å²) in [4.78, 5) is 44.0. The molecule has 8 heteroatoms. The van der Waals surface area contributed by atoms with Gasteiger partial charge in [0.15, 0.2) is 0 Å². The molecule has 1 unspecified atom stereocenters. The van der Waals surface area contributed by atoms with Crippen LogP contribution in [0.5, 0.6) is 0 Å². The molecule has 1 aliphatic rings. The maximum Gasteiger partial charge on any atom is 0.275 e. The molecule has 0 bridgehead atoms. The number of carbonyl (C=O) groups is 3. The molecule has 7 nitrogen and oxygen atoms in total. The summed E-state index contributed by atoms with van der Waals surface area (Å²) in [6.45, 7) is 1.58. The van der Waals surface area contributed by atoms with E-state index in [-0.39, 0.29) is 17.4 Å². The number of aromatic nitrogens is 2. The van der Waals surface area contributed by atoms with E-state index < -0.39 is 23.8 Å². The molecule has 1 atom stereocenters. The first-order chi connectivity index (χ1) is 9.02. The zero-order valence-corrected chi connectivity index (χ0v) is 10.8. The van der Waals surface area contributed by atoms with Crippen molar-refractivity contribution in [1.29, 1.82) is 0 Å². The maximum atomic E-state index is 12.2. The molecule has 1 aliphatic heterocycles. The van der Waals surface area contributed by atoms with Crippen LogP contribution in [0.4, 0.5) is 0 Å². The van der Waals surface area contributed by atoms with Gasteiger partial charge in [0.1, 0.15) is 23.4 Å². The predicted octanol–water partition coefficient (Wildman–Crippen LogP) is 0.00720. The van der Waals surface area contributed by atoms with Gasteiger partial charge in [0.2, 0.25) is 11.8 Å². The molecule has 3 amide bonds. The van der Waals surface area contributed by atoms with Crippen molar-refractivity contribution in [2.24, 2.45) is 0 Å². The number of nitrogens with one attached hydrogen (secondary N) is 1. The molecular formula is C11H11ClN4O3. The smallest absolute Gasteiger partial charge is 0.275 e. The molecule has 0 aliphatic carbocycles. The molecule has 0 spiro atoms. The Kier molecular flexibility index (Phi) is 3.75. The molecule has 1 saturated heterocycles. The SMILES string of the molecule is CCC1C(=O)NC(=O)CN1C(=O)c1cnc(Cl)cn1. The Balaban J connectivity index is 2.27. The molecule has 100 valence electrons. The summed E-state index contributed by atoms with van der Waals surface area (Å²) in [5, 5.41) is 2.36. The Morgan fingerprint density at radius 3 is 2.79 bits per heavy atom. The Morgan fingerprint density at radius 2 is 2.21 bits per heavy atom. The van der Waals surface area contributed by atoms with Crippen LogP contribution in [0.15, 0.2) is 12.4 Å². The van der Waals surface area contributed by atoms with Crippen molar-refractivity contribution in [2.45, 2.75) is 19.4 Å². The number of hydrogen-bond acceptors (Lipinski definition) is 5. The molecule has 0 radical (unpaired) electrons. The van der Waals surface area contributed by atoms with Gasteiger partial charge in [-0.25, -0.2) is 9.97 Å². The molecule has 1 fully saturated rings. The second-order valence-electron chi connectivity index (χ2n) is 3.99. The standard InChI is InChI=1S/C11H11ClN4O3/c1-2-7-10(18)15-9(17)5-16(7)11(19)6-3-14-8(12)4-13-6/h3-4,7H,2,5H2,1H3,(H,15,17,18). The lowest BCUT2D eigenvalue weighted by Crippen LogP contribution is -2.59. The number of imide groups is 1. The average Bonchev–Trinajstić information content (AvgIpc) is 2.38. The predicted molar refractivity (Wildman–Crippen MR) is 65.3 cm³/mol. The minimum absolute atomic E-state index is 0.0466. The van der Waals surface area contributed by atoms with Crippen molar-refractivity contribution >= 4 is 29.3 Å². The monoisotopic (exact) mass is 282 g/mol. The van der Waals surface area contributed by atoms with E-state index in [1.165, 1.54) is 17.3 Å². The Labute approximate surface area is 114 Å². The number of rotatable bonds is 2. The van der Waals surface area contributed by atoms with Crippen molar-refractivity contribution in [3.05, 3.63) is 23.2 Å². The summed E-state index contributed by atoms with van der Waals surface area (Å²) < 4.78 is 0. The summed E-state index contributed by atoms with van der Waals surface area (Å²) in [7, 11) is 0. The van der Waals surface area contributed by atoms with Gasteiger partial charge in [-0.15, -0.1) is 0 Å². The number of piperazine rings is 1. The van der Waals surface area contributed by atoms with Crippen LogP contribution in [0.2, 0.25) is 5.15 Å². The summed E-state index contributed by atoms with van der Waals surface area (Å²) >= 11 is 5.59. The van der Waals surface area contributed by atoms with E-state index in [4.69, 9.17) is 11.6 Å². The maximum absolute atomic E-state index is 12.2. The average molecular weight is 283 g/mol. The van der Waals surface area contributed by atoms with Gasteiger partial charge in [0.05, 0.1) is 12.4 Å². The van der Waals surface area contributed by atoms with Gasteiger partial charge in [0, 0.05) is 0 Å². The second kappa shape index (κ2) is 5.31. The lowest BCUT2D eigenvalue weighted by molar-refractivity contribution is -0.138.